The Labute approximate surface area is 200 Å². The molecule has 2 aromatic rings. The summed E-state index contributed by atoms with van der Waals surface area (Å²) in [6.45, 7) is 2.72. The minimum atomic E-state index is -0.892. The van der Waals surface area contributed by atoms with Crippen molar-refractivity contribution in [3.05, 3.63) is 58.7 Å². The Bertz CT molecular complexity index is 1160. The number of aromatic carboxylic acids is 1. The Kier molecular flexibility index (Phi) is 6.28. The van der Waals surface area contributed by atoms with Crippen LogP contribution in [0.5, 0.6) is 5.75 Å². The summed E-state index contributed by atoms with van der Waals surface area (Å²) in [7, 11) is 0. The summed E-state index contributed by atoms with van der Waals surface area (Å²) < 4.78 is 5.99. The third kappa shape index (κ3) is 4.04. The van der Waals surface area contributed by atoms with Gasteiger partial charge in [0, 0.05) is 17.5 Å². The van der Waals surface area contributed by atoms with Crippen LogP contribution in [0.15, 0.2) is 41.5 Å². The van der Waals surface area contributed by atoms with Crippen molar-refractivity contribution in [3.8, 4) is 11.8 Å². The molecule has 0 spiro atoms. The first-order valence-electron chi connectivity index (χ1n) is 12.5. The van der Waals surface area contributed by atoms with E-state index in [0.29, 0.717) is 35.3 Å². The number of aryl methyl sites for hydroxylation is 1. The van der Waals surface area contributed by atoms with Gasteiger partial charge in [-0.3, -0.25) is 5.01 Å². The molecule has 1 aliphatic heterocycles. The van der Waals surface area contributed by atoms with Crippen molar-refractivity contribution < 1.29 is 14.6 Å². The van der Waals surface area contributed by atoms with Crippen LogP contribution in [0.3, 0.4) is 0 Å². The summed E-state index contributed by atoms with van der Waals surface area (Å²) in [5.41, 5.74) is 5.08. The Hall–Kier alpha value is -3.33. The van der Waals surface area contributed by atoms with Crippen molar-refractivity contribution in [1.82, 2.24) is 0 Å². The van der Waals surface area contributed by atoms with Crippen molar-refractivity contribution in [2.45, 2.75) is 64.3 Å². The lowest BCUT2D eigenvalue weighted by atomic mass is 9.75. The second-order valence-corrected chi connectivity index (χ2v) is 9.68. The minimum Gasteiger partial charge on any atom is -0.492 e. The molecule has 34 heavy (non-hydrogen) atoms. The van der Waals surface area contributed by atoms with Gasteiger partial charge in [-0.2, -0.15) is 10.4 Å². The summed E-state index contributed by atoms with van der Waals surface area (Å²) >= 11 is 0. The lowest BCUT2D eigenvalue weighted by Gasteiger charge is -2.34. The first-order valence-corrected chi connectivity index (χ1v) is 12.5. The van der Waals surface area contributed by atoms with Crippen molar-refractivity contribution in [2.75, 3.05) is 11.6 Å². The maximum Gasteiger partial charge on any atom is 0.335 e. The molecule has 1 N–H and O–H groups in total. The lowest BCUT2D eigenvalue weighted by Crippen LogP contribution is -2.40. The quantitative estimate of drug-likeness (QED) is 0.533. The third-order valence-corrected chi connectivity index (χ3v) is 7.60. The number of carboxylic acids is 1. The Balaban J connectivity index is 1.54. The number of unbranched alkanes of at least 4 members (excludes halogenated alkanes) is 1. The standard InChI is InChI=1S/C28H31N3O3/c1-2-3-14-34-25-16-22(11-8-21(25)17-29)31-27(18-6-4-5-7-18)24-13-9-19-15-20(28(32)33)10-12-23(19)26(24)30-31/h8,10-12,15-16,18,24,27H,2-7,9,13-14H2,1H3,(H,32,33). The number of anilines is 1. The molecule has 3 aliphatic rings. The highest BCUT2D eigenvalue weighted by atomic mass is 16.5. The van der Waals surface area contributed by atoms with Gasteiger partial charge in [-0.05, 0) is 67.9 Å². The van der Waals surface area contributed by atoms with E-state index < -0.39 is 5.97 Å². The van der Waals surface area contributed by atoms with Crippen molar-refractivity contribution >= 4 is 17.4 Å². The fourth-order valence-corrected chi connectivity index (χ4v) is 5.89. The molecule has 176 valence electrons. The van der Waals surface area contributed by atoms with E-state index >= 15 is 0 Å². The number of nitriles is 1. The van der Waals surface area contributed by atoms with E-state index in [-0.39, 0.29) is 6.04 Å². The fourth-order valence-electron chi connectivity index (χ4n) is 5.89. The molecule has 1 heterocycles. The molecule has 2 atom stereocenters. The average molecular weight is 458 g/mol. The first-order chi connectivity index (χ1) is 16.6. The number of nitrogens with zero attached hydrogens (tertiary/aromatic N) is 3. The maximum atomic E-state index is 11.5. The number of hydrogen-bond donors (Lipinski definition) is 1. The molecule has 6 heteroatoms. The SMILES string of the molecule is CCCCOc1cc(N2N=C3c4ccc(C(=O)O)cc4CCC3C2C2CCCC2)ccc1C#N. The highest BCUT2D eigenvalue weighted by Crippen LogP contribution is 2.45. The van der Waals surface area contributed by atoms with Gasteiger partial charge in [-0.15, -0.1) is 0 Å². The fraction of sp³-hybridized carbons (Fsp3) is 0.464. The number of benzene rings is 2. The molecule has 0 bridgehead atoms. The predicted octanol–water partition coefficient (Wildman–Crippen LogP) is 5.78. The van der Waals surface area contributed by atoms with Gasteiger partial charge in [0.25, 0.3) is 0 Å². The molecule has 2 unspecified atom stereocenters. The van der Waals surface area contributed by atoms with Crippen LogP contribution < -0.4 is 9.75 Å². The van der Waals surface area contributed by atoms with Crippen LogP contribution in [0, 0.1) is 23.2 Å². The molecule has 0 saturated heterocycles. The number of hydrazone groups is 1. The number of carboxylic acid groups (broad SMARTS) is 1. The molecular formula is C28H31N3O3. The molecule has 1 fully saturated rings. The van der Waals surface area contributed by atoms with E-state index in [4.69, 9.17) is 9.84 Å². The van der Waals surface area contributed by atoms with E-state index in [9.17, 15) is 15.2 Å². The van der Waals surface area contributed by atoms with Gasteiger partial charge in [0.2, 0.25) is 0 Å². The van der Waals surface area contributed by atoms with E-state index in [1.807, 2.05) is 30.3 Å². The Morgan fingerprint density at radius 2 is 2.03 bits per heavy atom. The molecule has 2 aliphatic carbocycles. The summed E-state index contributed by atoms with van der Waals surface area (Å²) in [5, 5.41) is 26.4. The molecule has 6 nitrogen and oxygen atoms in total. The maximum absolute atomic E-state index is 11.5. The second-order valence-electron chi connectivity index (χ2n) is 9.68. The Morgan fingerprint density at radius 1 is 1.21 bits per heavy atom. The van der Waals surface area contributed by atoms with Crippen LogP contribution in [0.25, 0.3) is 0 Å². The highest BCUT2D eigenvalue weighted by molar-refractivity contribution is 6.07. The van der Waals surface area contributed by atoms with Crippen LogP contribution in [-0.4, -0.2) is 29.4 Å². The summed E-state index contributed by atoms with van der Waals surface area (Å²) in [6.07, 6.45) is 8.77. The summed E-state index contributed by atoms with van der Waals surface area (Å²) in [6, 6.07) is 13.8. The number of hydrogen-bond acceptors (Lipinski definition) is 5. The number of fused-ring (bicyclic) bond motifs is 3. The van der Waals surface area contributed by atoms with Crippen LogP contribution in [-0.2, 0) is 6.42 Å². The second kappa shape index (κ2) is 9.50. The summed E-state index contributed by atoms with van der Waals surface area (Å²) in [4.78, 5) is 11.5. The average Bonchev–Trinajstić information content (AvgIpc) is 3.51. The van der Waals surface area contributed by atoms with Gasteiger partial charge in [-0.25, -0.2) is 4.79 Å². The topological polar surface area (TPSA) is 85.9 Å². The predicted molar refractivity (Wildman–Crippen MR) is 132 cm³/mol. The molecule has 0 radical (unpaired) electrons. The van der Waals surface area contributed by atoms with Gasteiger partial charge in [0.1, 0.15) is 11.8 Å². The lowest BCUT2D eigenvalue weighted by molar-refractivity contribution is 0.0696. The molecular weight excluding hydrogens is 426 g/mol. The molecule has 0 amide bonds. The number of carbonyl (C=O) groups is 1. The molecule has 1 saturated carbocycles. The zero-order valence-corrected chi connectivity index (χ0v) is 19.7. The van der Waals surface area contributed by atoms with Gasteiger partial charge in [0.15, 0.2) is 0 Å². The Morgan fingerprint density at radius 3 is 2.76 bits per heavy atom. The number of rotatable bonds is 7. The van der Waals surface area contributed by atoms with Crippen LogP contribution in [0.2, 0.25) is 0 Å². The van der Waals surface area contributed by atoms with Crippen LogP contribution in [0.1, 0.15) is 78.9 Å². The van der Waals surface area contributed by atoms with E-state index in [1.54, 1.807) is 6.07 Å². The van der Waals surface area contributed by atoms with Gasteiger partial charge >= 0.3 is 5.97 Å². The number of ether oxygens (including phenoxy) is 1. The minimum absolute atomic E-state index is 0.279. The van der Waals surface area contributed by atoms with E-state index in [1.165, 1.54) is 25.7 Å². The summed E-state index contributed by atoms with van der Waals surface area (Å²) in [5.74, 6) is 0.634. The van der Waals surface area contributed by atoms with Crippen molar-refractivity contribution in [3.63, 3.8) is 0 Å². The van der Waals surface area contributed by atoms with Gasteiger partial charge in [-0.1, -0.05) is 32.3 Å². The van der Waals surface area contributed by atoms with Crippen molar-refractivity contribution in [1.29, 1.82) is 5.26 Å². The van der Waals surface area contributed by atoms with Crippen molar-refractivity contribution in [2.24, 2.45) is 16.9 Å². The zero-order valence-electron chi connectivity index (χ0n) is 19.7. The van der Waals surface area contributed by atoms with Crippen LogP contribution >= 0.6 is 0 Å². The zero-order chi connectivity index (χ0) is 23.7. The first kappa shape index (κ1) is 22.5. The molecule has 5 rings (SSSR count). The third-order valence-electron chi connectivity index (χ3n) is 7.60. The normalized spacial score (nSPS) is 21.5. The monoisotopic (exact) mass is 457 g/mol. The molecule has 0 aromatic heterocycles. The van der Waals surface area contributed by atoms with Crippen LogP contribution in [0.4, 0.5) is 5.69 Å². The highest BCUT2D eigenvalue weighted by Gasteiger charge is 2.45. The van der Waals surface area contributed by atoms with Gasteiger partial charge in [0.05, 0.1) is 35.2 Å². The smallest absolute Gasteiger partial charge is 0.335 e. The van der Waals surface area contributed by atoms with E-state index in [2.05, 4.69) is 18.0 Å². The van der Waals surface area contributed by atoms with Gasteiger partial charge < -0.3 is 9.84 Å². The molecule has 2 aromatic carbocycles. The largest absolute Gasteiger partial charge is 0.492 e. The van der Waals surface area contributed by atoms with E-state index in [0.717, 1.165) is 48.2 Å².